The third-order valence-electron chi connectivity index (χ3n) is 5.96. The number of aromatic amines is 1. The van der Waals surface area contributed by atoms with Gasteiger partial charge in [0.15, 0.2) is 0 Å². The Hall–Kier alpha value is -2.80. The Bertz CT molecular complexity index is 1070. The van der Waals surface area contributed by atoms with Crippen molar-refractivity contribution in [3.63, 3.8) is 0 Å². The summed E-state index contributed by atoms with van der Waals surface area (Å²) >= 11 is 0. The maximum absolute atomic E-state index is 14.4. The number of H-pyrrole nitrogens is 1. The highest BCUT2D eigenvalue weighted by atomic mass is 19.1. The van der Waals surface area contributed by atoms with Gasteiger partial charge in [-0.05, 0) is 67.1 Å². The van der Waals surface area contributed by atoms with Crippen LogP contribution in [-0.4, -0.2) is 40.6 Å². The highest BCUT2D eigenvalue weighted by Crippen LogP contribution is 2.48. The Labute approximate surface area is 172 Å². The summed E-state index contributed by atoms with van der Waals surface area (Å²) in [7, 11) is 0. The third-order valence-corrected chi connectivity index (χ3v) is 5.96. The first kappa shape index (κ1) is 20.5. The molecule has 1 aliphatic rings. The zero-order valence-electron chi connectivity index (χ0n) is 16.6. The lowest BCUT2D eigenvalue weighted by Crippen LogP contribution is -2.42. The number of carbonyl (C=O) groups is 1. The second kappa shape index (κ2) is 8.14. The van der Waals surface area contributed by atoms with Crippen LogP contribution in [0.1, 0.15) is 31.2 Å². The fourth-order valence-corrected chi connectivity index (χ4v) is 4.37. The minimum Gasteiger partial charge on any atom is -0.395 e. The van der Waals surface area contributed by atoms with Crippen molar-refractivity contribution in [1.29, 1.82) is 0 Å². The molecule has 3 aromatic rings. The zero-order chi connectivity index (χ0) is 21.4. The molecule has 1 heterocycles. The molecule has 0 radical (unpaired) electrons. The quantitative estimate of drug-likeness (QED) is 0.618. The van der Waals surface area contributed by atoms with E-state index < -0.39 is 11.6 Å². The number of nitrogens with one attached hydrogen (secondary N) is 1. The molecule has 0 unspecified atom stereocenters. The van der Waals surface area contributed by atoms with Crippen molar-refractivity contribution in [3.05, 3.63) is 59.4 Å². The standard InChI is InChI=1S/C23H23F3N2O2/c1-2-28(7-8-29)23(30)15-9-14(10-15)20-18-11-17(25)12-19(26)22(18)27-21(20)13-3-5-16(24)6-4-13/h3-6,11-12,14-15,27,29H,2,7-10H2,1H3/t14-,15-. The average Bonchev–Trinajstić information content (AvgIpc) is 3.05. The molecule has 4 nitrogen and oxygen atoms in total. The molecule has 0 bridgehead atoms. The Balaban J connectivity index is 1.71. The van der Waals surface area contributed by atoms with E-state index in [1.165, 1.54) is 18.2 Å². The number of nitrogens with zero attached hydrogens (tertiary/aromatic N) is 1. The largest absolute Gasteiger partial charge is 0.395 e. The highest BCUT2D eigenvalue weighted by Gasteiger charge is 2.39. The molecule has 2 aromatic carbocycles. The lowest BCUT2D eigenvalue weighted by atomic mass is 9.69. The van der Waals surface area contributed by atoms with Gasteiger partial charge in [-0.1, -0.05) is 0 Å². The van der Waals surface area contributed by atoms with Gasteiger partial charge in [0, 0.05) is 30.5 Å². The number of halogens is 3. The molecule has 158 valence electrons. The van der Waals surface area contributed by atoms with Crippen LogP contribution in [0.5, 0.6) is 0 Å². The van der Waals surface area contributed by atoms with Crippen molar-refractivity contribution in [2.24, 2.45) is 5.92 Å². The Morgan fingerprint density at radius 3 is 2.47 bits per heavy atom. The van der Waals surface area contributed by atoms with Crippen molar-refractivity contribution in [3.8, 4) is 11.3 Å². The summed E-state index contributed by atoms with van der Waals surface area (Å²) in [4.78, 5) is 17.3. The number of benzene rings is 2. The number of amides is 1. The summed E-state index contributed by atoms with van der Waals surface area (Å²) in [6.07, 6.45) is 1.11. The van der Waals surface area contributed by atoms with E-state index in [1.54, 1.807) is 17.0 Å². The van der Waals surface area contributed by atoms with Gasteiger partial charge in [-0.15, -0.1) is 0 Å². The van der Waals surface area contributed by atoms with Crippen molar-refractivity contribution >= 4 is 16.8 Å². The van der Waals surface area contributed by atoms with Gasteiger partial charge in [0.2, 0.25) is 5.91 Å². The molecule has 1 aliphatic carbocycles. The van der Waals surface area contributed by atoms with Gasteiger partial charge < -0.3 is 15.0 Å². The number of hydrogen-bond donors (Lipinski definition) is 2. The number of likely N-dealkylation sites (N-methyl/N-ethyl adjacent to an activating group) is 1. The van der Waals surface area contributed by atoms with Crippen molar-refractivity contribution < 1.29 is 23.1 Å². The molecule has 7 heteroatoms. The Morgan fingerprint density at radius 2 is 1.83 bits per heavy atom. The van der Waals surface area contributed by atoms with E-state index in [4.69, 9.17) is 5.11 Å². The van der Waals surface area contributed by atoms with Crippen LogP contribution >= 0.6 is 0 Å². The number of carbonyl (C=O) groups excluding carboxylic acids is 1. The fourth-order valence-electron chi connectivity index (χ4n) is 4.37. The molecule has 4 rings (SSSR count). The first-order valence-corrected chi connectivity index (χ1v) is 10.1. The van der Waals surface area contributed by atoms with Gasteiger partial charge in [-0.2, -0.15) is 0 Å². The number of hydrogen-bond acceptors (Lipinski definition) is 2. The molecule has 30 heavy (non-hydrogen) atoms. The van der Waals surface area contributed by atoms with Crippen molar-refractivity contribution in [2.45, 2.75) is 25.7 Å². The minimum atomic E-state index is -0.688. The van der Waals surface area contributed by atoms with Crippen molar-refractivity contribution in [2.75, 3.05) is 19.7 Å². The molecular weight excluding hydrogens is 393 g/mol. The van der Waals surface area contributed by atoms with Gasteiger partial charge in [0.25, 0.3) is 0 Å². The number of aromatic nitrogens is 1. The first-order chi connectivity index (χ1) is 14.4. The summed E-state index contributed by atoms with van der Waals surface area (Å²) in [5.41, 5.74) is 2.25. The minimum absolute atomic E-state index is 0.0108. The number of rotatable bonds is 6. The van der Waals surface area contributed by atoms with Crippen LogP contribution < -0.4 is 0 Å². The molecule has 1 aromatic heterocycles. The summed E-state index contributed by atoms with van der Waals surface area (Å²) < 4.78 is 41.8. The van der Waals surface area contributed by atoms with E-state index in [9.17, 15) is 18.0 Å². The van der Waals surface area contributed by atoms with Gasteiger partial charge >= 0.3 is 0 Å². The molecular formula is C23H23F3N2O2. The topological polar surface area (TPSA) is 56.3 Å². The molecule has 0 atom stereocenters. The van der Waals surface area contributed by atoms with Crippen LogP contribution in [0.4, 0.5) is 13.2 Å². The third kappa shape index (κ3) is 3.58. The van der Waals surface area contributed by atoms with E-state index in [0.717, 1.165) is 11.6 Å². The smallest absolute Gasteiger partial charge is 0.225 e. The molecule has 0 spiro atoms. The summed E-state index contributed by atoms with van der Waals surface area (Å²) in [6.45, 7) is 2.58. The Kier molecular flexibility index (Phi) is 5.56. The van der Waals surface area contributed by atoms with E-state index in [0.29, 0.717) is 42.6 Å². The zero-order valence-corrected chi connectivity index (χ0v) is 16.6. The van der Waals surface area contributed by atoms with Gasteiger partial charge in [-0.3, -0.25) is 4.79 Å². The van der Waals surface area contributed by atoms with Crippen molar-refractivity contribution in [1.82, 2.24) is 9.88 Å². The fraction of sp³-hybridized carbons (Fsp3) is 0.348. The molecule has 2 N–H and O–H groups in total. The Morgan fingerprint density at radius 1 is 1.13 bits per heavy atom. The maximum atomic E-state index is 14.4. The van der Waals surface area contributed by atoms with E-state index in [1.807, 2.05) is 6.92 Å². The normalized spacial score (nSPS) is 18.4. The maximum Gasteiger partial charge on any atom is 0.225 e. The SMILES string of the molecule is CCN(CCO)C(=O)[C@H]1C[C@H](c2c(-c3ccc(F)cc3)[nH]c3c(F)cc(F)cc32)C1. The van der Waals surface area contributed by atoms with Crippen LogP contribution in [0.3, 0.4) is 0 Å². The van der Waals surface area contributed by atoms with Crippen LogP contribution in [-0.2, 0) is 4.79 Å². The lowest BCUT2D eigenvalue weighted by Gasteiger charge is -2.38. The molecule has 1 amide bonds. The summed E-state index contributed by atoms with van der Waals surface area (Å²) in [5, 5.41) is 9.60. The number of aliphatic hydroxyl groups excluding tert-OH is 1. The van der Waals surface area contributed by atoms with Gasteiger partial charge in [0.05, 0.1) is 17.8 Å². The summed E-state index contributed by atoms with van der Waals surface area (Å²) in [6, 6.07) is 7.97. The van der Waals surface area contributed by atoms with Crippen LogP contribution in [0.2, 0.25) is 0 Å². The van der Waals surface area contributed by atoms with Crippen LogP contribution in [0.15, 0.2) is 36.4 Å². The lowest BCUT2D eigenvalue weighted by molar-refractivity contribution is -0.139. The van der Waals surface area contributed by atoms with Crippen LogP contribution in [0.25, 0.3) is 22.2 Å². The second-order valence-corrected chi connectivity index (χ2v) is 7.74. The number of fused-ring (bicyclic) bond motifs is 1. The van der Waals surface area contributed by atoms with Gasteiger partial charge in [0.1, 0.15) is 17.5 Å². The van der Waals surface area contributed by atoms with Crippen LogP contribution in [0, 0.1) is 23.4 Å². The predicted molar refractivity (Wildman–Crippen MR) is 108 cm³/mol. The van der Waals surface area contributed by atoms with E-state index >= 15 is 0 Å². The summed E-state index contributed by atoms with van der Waals surface area (Å²) in [5.74, 6) is -1.99. The first-order valence-electron chi connectivity index (χ1n) is 10.1. The molecule has 1 fully saturated rings. The molecule has 0 aliphatic heterocycles. The highest BCUT2D eigenvalue weighted by molar-refractivity contribution is 5.92. The molecule has 0 saturated heterocycles. The monoisotopic (exact) mass is 416 g/mol. The van der Waals surface area contributed by atoms with E-state index in [2.05, 4.69) is 4.98 Å². The van der Waals surface area contributed by atoms with Gasteiger partial charge in [-0.25, -0.2) is 13.2 Å². The predicted octanol–water partition coefficient (Wildman–Crippen LogP) is 4.59. The van der Waals surface area contributed by atoms with E-state index in [-0.39, 0.29) is 35.7 Å². The number of aliphatic hydroxyl groups is 1. The molecule has 1 saturated carbocycles. The average molecular weight is 416 g/mol. The second-order valence-electron chi connectivity index (χ2n) is 7.74.